The standard InChI is InChI=1S/C12H15NO4/c14-8-10-3-4-12(11(7-10)13(15)16)17-6-5-9-1-2-9/h3-4,7,9,14H,1-2,5-6,8H2. The van der Waals surface area contributed by atoms with Crippen molar-refractivity contribution in [1.82, 2.24) is 0 Å². The number of hydrogen-bond donors (Lipinski definition) is 1. The van der Waals surface area contributed by atoms with E-state index in [4.69, 9.17) is 9.84 Å². The summed E-state index contributed by atoms with van der Waals surface area (Å²) in [5, 5.41) is 19.8. The van der Waals surface area contributed by atoms with Gasteiger partial charge in [-0.15, -0.1) is 0 Å². The fourth-order valence-electron chi connectivity index (χ4n) is 1.67. The van der Waals surface area contributed by atoms with Crippen molar-refractivity contribution in [3.05, 3.63) is 33.9 Å². The molecule has 0 spiro atoms. The lowest BCUT2D eigenvalue weighted by Crippen LogP contribution is -2.02. The fourth-order valence-corrected chi connectivity index (χ4v) is 1.67. The Morgan fingerprint density at radius 2 is 2.24 bits per heavy atom. The van der Waals surface area contributed by atoms with E-state index in [1.54, 1.807) is 12.1 Å². The lowest BCUT2D eigenvalue weighted by atomic mass is 10.2. The molecule has 1 fully saturated rings. The largest absolute Gasteiger partial charge is 0.487 e. The summed E-state index contributed by atoms with van der Waals surface area (Å²) in [5.41, 5.74) is 0.443. The van der Waals surface area contributed by atoms with Crippen LogP contribution in [0.25, 0.3) is 0 Å². The highest BCUT2D eigenvalue weighted by Crippen LogP contribution is 2.33. The van der Waals surface area contributed by atoms with E-state index in [0.717, 1.165) is 12.3 Å². The normalized spacial score (nSPS) is 14.6. The van der Waals surface area contributed by atoms with Crippen molar-refractivity contribution in [3.8, 4) is 5.75 Å². The number of nitro groups is 1. The molecular weight excluding hydrogens is 222 g/mol. The Labute approximate surface area is 99.2 Å². The number of aliphatic hydroxyl groups excluding tert-OH is 1. The number of benzene rings is 1. The third kappa shape index (κ3) is 3.17. The van der Waals surface area contributed by atoms with Crippen LogP contribution < -0.4 is 4.74 Å². The maximum absolute atomic E-state index is 10.8. The molecule has 1 saturated carbocycles. The molecule has 0 bridgehead atoms. The second-order valence-electron chi connectivity index (χ2n) is 4.30. The van der Waals surface area contributed by atoms with E-state index in [2.05, 4.69) is 0 Å². The maximum Gasteiger partial charge on any atom is 0.311 e. The van der Waals surface area contributed by atoms with Gasteiger partial charge in [-0.1, -0.05) is 18.9 Å². The third-order valence-electron chi connectivity index (χ3n) is 2.88. The number of rotatable bonds is 6. The number of nitrogens with zero attached hydrogens (tertiary/aromatic N) is 1. The second-order valence-corrected chi connectivity index (χ2v) is 4.30. The predicted molar refractivity (Wildman–Crippen MR) is 61.9 cm³/mol. The van der Waals surface area contributed by atoms with Crippen molar-refractivity contribution in [2.45, 2.75) is 25.9 Å². The lowest BCUT2D eigenvalue weighted by Gasteiger charge is -2.07. The molecule has 5 heteroatoms. The second kappa shape index (κ2) is 5.14. The third-order valence-corrected chi connectivity index (χ3v) is 2.88. The molecule has 0 saturated heterocycles. The van der Waals surface area contributed by atoms with Gasteiger partial charge in [0, 0.05) is 6.07 Å². The van der Waals surface area contributed by atoms with Crippen molar-refractivity contribution < 1.29 is 14.8 Å². The molecule has 0 atom stereocenters. The van der Waals surface area contributed by atoms with Crippen molar-refractivity contribution in [2.75, 3.05) is 6.61 Å². The Kier molecular flexibility index (Phi) is 3.58. The number of hydrogen-bond acceptors (Lipinski definition) is 4. The highest BCUT2D eigenvalue weighted by molar-refractivity contribution is 5.48. The van der Waals surface area contributed by atoms with E-state index >= 15 is 0 Å². The molecule has 0 amide bonds. The Hall–Kier alpha value is -1.62. The Morgan fingerprint density at radius 1 is 1.47 bits per heavy atom. The van der Waals surface area contributed by atoms with Crippen LogP contribution in [0.4, 0.5) is 5.69 Å². The molecule has 0 radical (unpaired) electrons. The summed E-state index contributed by atoms with van der Waals surface area (Å²) < 4.78 is 5.43. The Balaban J connectivity index is 2.04. The smallest absolute Gasteiger partial charge is 0.311 e. The highest BCUT2D eigenvalue weighted by atomic mass is 16.6. The zero-order valence-corrected chi connectivity index (χ0v) is 9.46. The first-order valence-corrected chi connectivity index (χ1v) is 5.71. The minimum atomic E-state index is -0.481. The van der Waals surface area contributed by atoms with Crippen LogP contribution >= 0.6 is 0 Å². The highest BCUT2D eigenvalue weighted by Gasteiger charge is 2.22. The van der Waals surface area contributed by atoms with Crippen molar-refractivity contribution >= 4 is 5.69 Å². The number of aliphatic hydroxyl groups is 1. The van der Waals surface area contributed by atoms with Gasteiger partial charge in [0.1, 0.15) is 0 Å². The summed E-state index contributed by atoms with van der Waals surface area (Å²) >= 11 is 0. The van der Waals surface area contributed by atoms with Crippen LogP contribution in [0, 0.1) is 16.0 Å². The summed E-state index contributed by atoms with van der Waals surface area (Å²) in [4.78, 5) is 10.4. The Bertz CT molecular complexity index is 415. The SMILES string of the molecule is O=[N+]([O-])c1cc(CO)ccc1OCCC1CC1. The molecule has 0 aliphatic heterocycles. The molecule has 2 rings (SSSR count). The molecule has 0 unspecified atom stereocenters. The van der Waals surface area contributed by atoms with Gasteiger partial charge < -0.3 is 9.84 Å². The van der Waals surface area contributed by atoms with Crippen molar-refractivity contribution in [2.24, 2.45) is 5.92 Å². The maximum atomic E-state index is 10.8. The van der Waals surface area contributed by atoms with Gasteiger partial charge in [-0.3, -0.25) is 10.1 Å². The summed E-state index contributed by atoms with van der Waals surface area (Å²) in [5.74, 6) is 1.03. The van der Waals surface area contributed by atoms with Gasteiger partial charge in [-0.25, -0.2) is 0 Å². The molecule has 17 heavy (non-hydrogen) atoms. The van der Waals surface area contributed by atoms with E-state index < -0.39 is 4.92 Å². The van der Waals surface area contributed by atoms with Crippen molar-refractivity contribution in [3.63, 3.8) is 0 Å². The van der Waals surface area contributed by atoms with E-state index in [0.29, 0.717) is 12.2 Å². The average molecular weight is 237 g/mol. The topological polar surface area (TPSA) is 72.6 Å². The Morgan fingerprint density at radius 3 is 2.82 bits per heavy atom. The quantitative estimate of drug-likeness (QED) is 0.608. The van der Waals surface area contributed by atoms with Crippen LogP contribution in [0.3, 0.4) is 0 Å². The van der Waals surface area contributed by atoms with Crippen LogP contribution in [0.15, 0.2) is 18.2 Å². The summed E-state index contributed by atoms with van der Waals surface area (Å²) in [6.07, 6.45) is 3.45. The van der Waals surface area contributed by atoms with Crippen LogP contribution in [-0.4, -0.2) is 16.6 Å². The van der Waals surface area contributed by atoms with Crippen LogP contribution in [0.5, 0.6) is 5.75 Å². The zero-order valence-electron chi connectivity index (χ0n) is 9.46. The summed E-state index contributed by atoms with van der Waals surface area (Å²) in [6, 6.07) is 4.54. The van der Waals surface area contributed by atoms with E-state index in [1.807, 2.05) is 0 Å². The molecule has 1 aromatic carbocycles. The van der Waals surface area contributed by atoms with Gasteiger partial charge in [-0.2, -0.15) is 0 Å². The van der Waals surface area contributed by atoms with Gasteiger partial charge in [0.25, 0.3) is 0 Å². The van der Waals surface area contributed by atoms with Gasteiger partial charge in [0.05, 0.1) is 18.1 Å². The first-order chi connectivity index (χ1) is 8.20. The molecule has 5 nitrogen and oxygen atoms in total. The number of ether oxygens (including phenoxy) is 1. The van der Waals surface area contributed by atoms with Crippen LogP contribution in [0.1, 0.15) is 24.8 Å². The molecule has 0 aromatic heterocycles. The lowest BCUT2D eigenvalue weighted by molar-refractivity contribution is -0.386. The minimum Gasteiger partial charge on any atom is -0.487 e. The van der Waals surface area contributed by atoms with E-state index in [1.165, 1.54) is 18.9 Å². The zero-order chi connectivity index (χ0) is 12.3. The number of nitro benzene ring substituents is 1. The van der Waals surface area contributed by atoms with Gasteiger partial charge in [0.15, 0.2) is 5.75 Å². The van der Waals surface area contributed by atoms with Crippen molar-refractivity contribution in [1.29, 1.82) is 0 Å². The first-order valence-electron chi connectivity index (χ1n) is 5.71. The van der Waals surface area contributed by atoms with Crippen LogP contribution in [-0.2, 0) is 6.61 Å². The van der Waals surface area contributed by atoms with Crippen LogP contribution in [0.2, 0.25) is 0 Å². The summed E-state index contributed by atoms with van der Waals surface area (Å²) in [7, 11) is 0. The minimum absolute atomic E-state index is 0.0765. The molecule has 0 heterocycles. The molecule has 92 valence electrons. The monoisotopic (exact) mass is 237 g/mol. The van der Waals surface area contributed by atoms with Gasteiger partial charge in [0.2, 0.25) is 0 Å². The molecule has 1 aliphatic carbocycles. The van der Waals surface area contributed by atoms with Gasteiger partial charge >= 0.3 is 5.69 Å². The summed E-state index contributed by atoms with van der Waals surface area (Å²) in [6.45, 7) is 0.313. The fraction of sp³-hybridized carbons (Fsp3) is 0.500. The molecule has 1 N–H and O–H groups in total. The first kappa shape index (κ1) is 11.9. The van der Waals surface area contributed by atoms with E-state index in [-0.39, 0.29) is 18.0 Å². The van der Waals surface area contributed by atoms with E-state index in [9.17, 15) is 10.1 Å². The average Bonchev–Trinajstić information content (AvgIpc) is 3.13. The molecule has 1 aromatic rings. The molecular formula is C12H15NO4. The predicted octanol–water partition coefficient (Wildman–Crippen LogP) is 2.27. The van der Waals surface area contributed by atoms with Gasteiger partial charge in [-0.05, 0) is 24.0 Å². The molecule has 1 aliphatic rings.